The molecule has 0 saturated heterocycles. The summed E-state index contributed by atoms with van der Waals surface area (Å²) in [7, 11) is 0. The van der Waals surface area contributed by atoms with Gasteiger partial charge in [0.2, 0.25) is 0 Å². The van der Waals surface area contributed by atoms with Gasteiger partial charge < -0.3 is 9.73 Å². The molecule has 0 spiro atoms. The second kappa shape index (κ2) is 6.18. The second-order valence-corrected chi connectivity index (χ2v) is 7.46. The van der Waals surface area contributed by atoms with Gasteiger partial charge in [-0.15, -0.1) is 0 Å². The minimum absolute atomic E-state index is 0.271. The predicted molar refractivity (Wildman–Crippen MR) is 98.4 cm³/mol. The van der Waals surface area contributed by atoms with Gasteiger partial charge in [0, 0.05) is 24.4 Å². The van der Waals surface area contributed by atoms with Crippen molar-refractivity contribution >= 4 is 70.4 Å². The number of halogens is 3. The van der Waals surface area contributed by atoms with Gasteiger partial charge in [-0.25, -0.2) is 0 Å². The topological polar surface area (TPSA) is 42.2 Å². The molecule has 112 valence electrons. The fourth-order valence-electron chi connectivity index (χ4n) is 2.18. The number of fused-ring (bicyclic) bond motifs is 1. The van der Waals surface area contributed by atoms with Crippen molar-refractivity contribution in [2.45, 2.75) is 6.92 Å². The number of anilines is 1. The summed E-state index contributed by atoms with van der Waals surface area (Å²) in [6.45, 7) is 1.88. The highest BCUT2D eigenvalue weighted by atomic mass is 79.9. The van der Waals surface area contributed by atoms with Gasteiger partial charge in [0.15, 0.2) is 5.76 Å². The molecule has 1 amide bonds. The standard InChI is InChI=1S/C16H10Br3NO2/c1-8-11-6-9(17)3-5-14(11)22-15(8)16(21)20-13-4-2-10(18)7-12(13)19/h2-7H,1H3,(H,20,21). The molecule has 1 heterocycles. The maximum absolute atomic E-state index is 12.5. The Morgan fingerprint density at radius 2 is 1.73 bits per heavy atom. The lowest BCUT2D eigenvalue weighted by molar-refractivity contribution is 0.0998. The normalized spacial score (nSPS) is 10.9. The smallest absolute Gasteiger partial charge is 0.291 e. The number of hydrogen-bond donors (Lipinski definition) is 1. The van der Waals surface area contributed by atoms with Gasteiger partial charge in [-0.2, -0.15) is 0 Å². The van der Waals surface area contributed by atoms with Crippen LogP contribution in [-0.2, 0) is 0 Å². The number of carbonyl (C=O) groups excluding carboxylic acids is 1. The first-order valence-electron chi connectivity index (χ1n) is 6.41. The fourth-order valence-corrected chi connectivity index (χ4v) is 3.69. The van der Waals surface area contributed by atoms with Crippen LogP contribution >= 0.6 is 47.8 Å². The van der Waals surface area contributed by atoms with Gasteiger partial charge in [-0.3, -0.25) is 4.79 Å². The summed E-state index contributed by atoms with van der Waals surface area (Å²) in [5.41, 5.74) is 2.21. The molecule has 0 aliphatic rings. The van der Waals surface area contributed by atoms with E-state index in [0.29, 0.717) is 17.0 Å². The number of aryl methyl sites for hydroxylation is 1. The first-order chi connectivity index (χ1) is 10.5. The summed E-state index contributed by atoms with van der Waals surface area (Å²) in [5.74, 6) is 0.0516. The van der Waals surface area contributed by atoms with E-state index in [4.69, 9.17) is 4.42 Å². The average molecular weight is 488 g/mol. The molecule has 0 aliphatic heterocycles. The van der Waals surface area contributed by atoms with Crippen molar-refractivity contribution in [2.24, 2.45) is 0 Å². The van der Waals surface area contributed by atoms with Gasteiger partial charge in [0.05, 0.1) is 5.69 Å². The maximum atomic E-state index is 12.5. The first-order valence-corrected chi connectivity index (χ1v) is 8.78. The highest BCUT2D eigenvalue weighted by Gasteiger charge is 2.18. The van der Waals surface area contributed by atoms with Gasteiger partial charge >= 0.3 is 0 Å². The second-order valence-electron chi connectivity index (χ2n) is 4.77. The molecule has 0 saturated carbocycles. The Kier molecular flexibility index (Phi) is 4.43. The van der Waals surface area contributed by atoms with Gasteiger partial charge in [-0.05, 0) is 59.3 Å². The van der Waals surface area contributed by atoms with Crippen molar-refractivity contribution in [1.82, 2.24) is 0 Å². The number of furan rings is 1. The van der Waals surface area contributed by atoms with Crippen molar-refractivity contribution in [3.05, 3.63) is 61.1 Å². The highest BCUT2D eigenvalue weighted by Crippen LogP contribution is 2.30. The third-order valence-corrected chi connectivity index (χ3v) is 4.93. The van der Waals surface area contributed by atoms with Crippen molar-refractivity contribution in [2.75, 3.05) is 5.32 Å². The Labute approximate surface area is 152 Å². The van der Waals surface area contributed by atoms with E-state index < -0.39 is 0 Å². The molecule has 6 heteroatoms. The van der Waals surface area contributed by atoms with Crippen molar-refractivity contribution in [1.29, 1.82) is 0 Å². The minimum Gasteiger partial charge on any atom is -0.451 e. The summed E-state index contributed by atoms with van der Waals surface area (Å²) in [6, 6.07) is 11.2. The van der Waals surface area contributed by atoms with E-state index in [0.717, 1.165) is 24.4 Å². The van der Waals surface area contributed by atoms with E-state index in [2.05, 4.69) is 53.1 Å². The Morgan fingerprint density at radius 1 is 1.05 bits per heavy atom. The van der Waals surface area contributed by atoms with E-state index >= 15 is 0 Å². The zero-order valence-corrected chi connectivity index (χ0v) is 16.2. The number of rotatable bonds is 2. The van der Waals surface area contributed by atoms with E-state index in [1.165, 1.54) is 0 Å². The molecule has 22 heavy (non-hydrogen) atoms. The van der Waals surface area contributed by atoms with Gasteiger partial charge in [0.1, 0.15) is 5.58 Å². The van der Waals surface area contributed by atoms with Crippen LogP contribution in [0.15, 0.2) is 54.2 Å². The van der Waals surface area contributed by atoms with Crippen molar-refractivity contribution in [3.63, 3.8) is 0 Å². The zero-order chi connectivity index (χ0) is 15.9. The molecule has 0 aliphatic carbocycles. The molecule has 0 fully saturated rings. The number of carbonyl (C=O) groups is 1. The molecule has 1 aromatic heterocycles. The highest BCUT2D eigenvalue weighted by molar-refractivity contribution is 9.11. The predicted octanol–water partition coefficient (Wildman–Crippen LogP) is 6.28. The lowest BCUT2D eigenvalue weighted by Gasteiger charge is -2.06. The molecule has 3 nitrogen and oxygen atoms in total. The summed E-state index contributed by atoms with van der Waals surface area (Å²) in [5, 5.41) is 3.78. The summed E-state index contributed by atoms with van der Waals surface area (Å²) >= 11 is 10.2. The quantitative estimate of drug-likeness (QED) is 0.462. The largest absolute Gasteiger partial charge is 0.451 e. The summed E-state index contributed by atoms with van der Waals surface area (Å²) < 4.78 is 8.37. The van der Waals surface area contributed by atoms with Crippen LogP contribution in [0.4, 0.5) is 5.69 Å². The maximum Gasteiger partial charge on any atom is 0.291 e. The molecular formula is C16H10Br3NO2. The monoisotopic (exact) mass is 485 g/mol. The van der Waals surface area contributed by atoms with Crippen molar-refractivity contribution < 1.29 is 9.21 Å². The number of nitrogens with one attached hydrogen (secondary N) is 1. The van der Waals surface area contributed by atoms with E-state index in [9.17, 15) is 4.79 Å². The third-order valence-electron chi connectivity index (χ3n) is 3.28. The van der Waals surface area contributed by atoms with Crippen LogP contribution in [0, 0.1) is 6.92 Å². The lowest BCUT2D eigenvalue weighted by Crippen LogP contribution is -2.12. The van der Waals surface area contributed by atoms with E-state index in [-0.39, 0.29) is 5.91 Å². The van der Waals surface area contributed by atoms with Crippen LogP contribution in [-0.4, -0.2) is 5.91 Å². The summed E-state index contributed by atoms with van der Waals surface area (Å²) in [4.78, 5) is 12.5. The molecule has 2 aromatic carbocycles. The Balaban J connectivity index is 1.97. The number of benzene rings is 2. The molecule has 1 N–H and O–H groups in total. The van der Waals surface area contributed by atoms with Crippen LogP contribution in [0.5, 0.6) is 0 Å². The van der Waals surface area contributed by atoms with Gasteiger partial charge in [-0.1, -0.05) is 31.9 Å². The van der Waals surface area contributed by atoms with Crippen molar-refractivity contribution in [3.8, 4) is 0 Å². The van der Waals surface area contributed by atoms with Crippen LogP contribution < -0.4 is 5.32 Å². The fraction of sp³-hybridized carbons (Fsp3) is 0.0625. The van der Waals surface area contributed by atoms with Crippen LogP contribution in [0.25, 0.3) is 11.0 Å². The van der Waals surface area contributed by atoms with Gasteiger partial charge in [0.25, 0.3) is 5.91 Å². The first kappa shape index (κ1) is 15.8. The SMILES string of the molecule is Cc1c(C(=O)Nc2ccc(Br)cc2Br)oc2ccc(Br)cc12. The van der Waals surface area contributed by atoms with E-state index in [1.54, 1.807) is 0 Å². The number of amides is 1. The van der Waals surface area contributed by atoms with Crippen LogP contribution in [0.2, 0.25) is 0 Å². The Bertz CT molecular complexity index is 886. The molecule has 0 bridgehead atoms. The Morgan fingerprint density at radius 3 is 2.45 bits per heavy atom. The molecule has 3 rings (SSSR count). The molecule has 3 aromatic rings. The molecule has 0 unspecified atom stereocenters. The van der Waals surface area contributed by atoms with E-state index in [1.807, 2.05) is 43.3 Å². The van der Waals surface area contributed by atoms with Crippen LogP contribution in [0.1, 0.15) is 16.1 Å². The lowest BCUT2D eigenvalue weighted by atomic mass is 10.1. The molecular weight excluding hydrogens is 478 g/mol. The third kappa shape index (κ3) is 3.00. The Hall–Kier alpha value is -1.11. The number of hydrogen-bond acceptors (Lipinski definition) is 2. The minimum atomic E-state index is -0.271. The summed E-state index contributed by atoms with van der Waals surface area (Å²) in [6.07, 6.45) is 0. The molecule has 0 radical (unpaired) electrons. The average Bonchev–Trinajstić information content (AvgIpc) is 2.79. The molecule has 0 atom stereocenters. The van der Waals surface area contributed by atoms with Crippen LogP contribution in [0.3, 0.4) is 0 Å². The zero-order valence-electron chi connectivity index (χ0n) is 11.4.